The van der Waals surface area contributed by atoms with Crippen LogP contribution in [0.2, 0.25) is 0 Å². The molecule has 0 unspecified atom stereocenters. The Hall–Kier alpha value is -2.61. The first-order chi connectivity index (χ1) is 11.4. The van der Waals surface area contributed by atoms with E-state index < -0.39 is 29.9 Å². The number of aliphatic carboxylic acids is 1. The Labute approximate surface area is 140 Å². The molecular weight excluding hydrogens is 314 g/mol. The predicted molar refractivity (Wildman–Crippen MR) is 87.8 cm³/mol. The molecule has 5 N–H and O–H groups in total. The standard InChI is InChI=1S/C16H23N3O5/c1-11(18-14(20)8-7-12-5-4-10-24-12)15(21)19-13(16(22)23)6-2-3-9-17/h4-5,7-8,10-11,13H,2-3,6,9,17H2,1H3,(H,18,20)(H,19,21)(H,22,23)/b8-7+/t11-,13-/m0/s1. The predicted octanol–water partition coefficient (Wildman–Crippen LogP) is 0.496. The van der Waals surface area contributed by atoms with Crippen LogP contribution in [-0.4, -0.2) is 41.5 Å². The van der Waals surface area contributed by atoms with Gasteiger partial charge < -0.3 is 25.9 Å². The zero-order valence-corrected chi connectivity index (χ0v) is 13.5. The highest BCUT2D eigenvalue weighted by Crippen LogP contribution is 2.03. The van der Waals surface area contributed by atoms with E-state index in [0.29, 0.717) is 25.1 Å². The molecule has 1 aromatic heterocycles. The minimum Gasteiger partial charge on any atom is -0.480 e. The van der Waals surface area contributed by atoms with E-state index in [1.807, 2.05) is 0 Å². The fourth-order valence-corrected chi connectivity index (χ4v) is 1.92. The summed E-state index contributed by atoms with van der Waals surface area (Å²) >= 11 is 0. The molecule has 2 amide bonds. The highest BCUT2D eigenvalue weighted by atomic mass is 16.4. The minimum absolute atomic E-state index is 0.289. The van der Waals surface area contributed by atoms with Gasteiger partial charge in [0.2, 0.25) is 11.8 Å². The summed E-state index contributed by atoms with van der Waals surface area (Å²) in [5, 5.41) is 14.0. The molecular formula is C16H23N3O5. The molecule has 0 spiro atoms. The zero-order chi connectivity index (χ0) is 17.9. The van der Waals surface area contributed by atoms with E-state index in [4.69, 9.17) is 15.3 Å². The maximum atomic E-state index is 12.0. The molecule has 1 heterocycles. The molecule has 0 saturated heterocycles. The quantitative estimate of drug-likeness (QED) is 0.363. The lowest BCUT2D eigenvalue weighted by molar-refractivity contribution is -0.142. The van der Waals surface area contributed by atoms with Crippen molar-refractivity contribution in [3.8, 4) is 0 Å². The molecule has 0 aliphatic heterocycles. The van der Waals surface area contributed by atoms with Crippen molar-refractivity contribution in [1.82, 2.24) is 10.6 Å². The van der Waals surface area contributed by atoms with Gasteiger partial charge in [-0.25, -0.2) is 4.79 Å². The van der Waals surface area contributed by atoms with Crippen LogP contribution in [-0.2, 0) is 14.4 Å². The zero-order valence-electron chi connectivity index (χ0n) is 13.5. The number of nitrogens with two attached hydrogens (primary N) is 1. The van der Waals surface area contributed by atoms with Gasteiger partial charge in [0.15, 0.2) is 0 Å². The number of furan rings is 1. The molecule has 0 fully saturated rings. The van der Waals surface area contributed by atoms with Crippen molar-refractivity contribution in [3.63, 3.8) is 0 Å². The second-order valence-corrected chi connectivity index (χ2v) is 5.26. The third kappa shape index (κ3) is 7.10. The van der Waals surface area contributed by atoms with Crippen LogP contribution >= 0.6 is 0 Å². The van der Waals surface area contributed by atoms with Gasteiger partial charge in [-0.1, -0.05) is 0 Å². The molecule has 0 radical (unpaired) electrons. The van der Waals surface area contributed by atoms with Crippen molar-refractivity contribution in [2.24, 2.45) is 5.73 Å². The van der Waals surface area contributed by atoms with Gasteiger partial charge >= 0.3 is 5.97 Å². The summed E-state index contributed by atoms with van der Waals surface area (Å²) in [7, 11) is 0. The lowest BCUT2D eigenvalue weighted by Crippen LogP contribution is -2.50. The van der Waals surface area contributed by atoms with E-state index in [2.05, 4.69) is 10.6 Å². The van der Waals surface area contributed by atoms with E-state index in [1.165, 1.54) is 25.3 Å². The van der Waals surface area contributed by atoms with Crippen molar-refractivity contribution >= 4 is 23.9 Å². The molecule has 24 heavy (non-hydrogen) atoms. The Bertz CT molecular complexity index is 568. The number of carbonyl (C=O) groups is 3. The fourth-order valence-electron chi connectivity index (χ4n) is 1.92. The molecule has 0 aromatic carbocycles. The summed E-state index contributed by atoms with van der Waals surface area (Å²) in [4.78, 5) is 34.9. The number of carboxylic acid groups (broad SMARTS) is 1. The van der Waals surface area contributed by atoms with Gasteiger partial charge in [-0.2, -0.15) is 0 Å². The van der Waals surface area contributed by atoms with Gasteiger partial charge in [-0.15, -0.1) is 0 Å². The largest absolute Gasteiger partial charge is 0.480 e. The first-order valence-corrected chi connectivity index (χ1v) is 7.69. The molecule has 0 saturated carbocycles. The van der Waals surface area contributed by atoms with Crippen LogP contribution in [0.25, 0.3) is 6.08 Å². The number of amides is 2. The molecule has 1 rings (SSSR count). The van der Waals surface area contributed by atoms with Crippen molar-refractivity contribution in [2.45, 2.75) is 38.3 Å². The third-order valence-electron chi connectivity index (χ3n) is 3.26. The van der Waals surface area contributed by atoms with Gasteiger partial charge in [0.25, 0.3) is 0 Å². The number of carbonyl (C=O) groups excluding carboxylic acids is 2. The van der Waals surface area contributed by atoms with Crippen LogP contribution in [0.5, 0.6) is 0 Å². The lowest BCUT2D eigenvalue weighted by Gasteiger charge is -2.18. The lowest BCUT2D eigenvalue weighted by atomic mass is 10.1. The second-order valence-electron chi connectivity index (χ2n) is 5.26. The highest BCUT2D eigenvalue weighted by Gasteiger charge is 2.23. The van der Waals surface area contributed by atoms with Crippen LogP contribution in [0.3, 0.4) is 0 Å². The van der Waals surface area contributed by atoms with Gasteiger partial charge in [0.05, 0.1) is 6.26 Å². The van der Waals surface area contributed by atoms with E-state index in [1.54, 1.807) is 12.1 Å². The van der Waals surface area contributed by atoms with Crippen LogP contribution < -0.4 is 16.4 Å². The topological polar surface area (TPSA) is 135 Å². The SMILES string of the molecule is C[C@H](NC(=O)/C=C/c1ccco1)C(=O)N[C@@H](CCCCN)C(=O)O. The van der Waals surface area contributed by atoms with Crippen molar-refractivity contribution in [3.05, 3.63) is 30.2 Å². The van der Waals surface area contributed by atoms with E-state index in [-0.39, 0.29) is 6.42 Å². The Morgan fingerprint density at radius 3 is 2.67 bits per heavy atom. The average Bonchev–Trinajstić information content (AvgIpc) is 3.05. The Balaban J connectivity index is 2.47. The first-order valence-electron chi connectivity index (χ1n) is 7.69. The van der Waals surface area contributed by atoms with E-state index in [0.717, 1.165) is 0 Å². The minimum atomic E-state index is -1.11. The highest BCUT2D eigenvalue weighted by molar-refractivity contribution is 5.95. The summed E-state index contributed by atoms with van der Waals surface area (Å²) in [5.41, 5.74) is 5.36. The molecule has 0 bridgehead atoms. The monoisotopic (exact) mass is 337 g/mol. The van der Waals surface area contributed by atoms with Crippen LogP contribution in [0, 0.1) is 0 Å². The molecule has 0 aliphatic carbocycles. The van der Waals surface area contributed by atoms with Gasteiger partial charge in [-0.3, -0.25) is 9.59 Å². The summed E-state index contributed by atoms with van der Waals surface area (Å²) < 4.78 is 5.04. The van der Waals surface area contributed by atoms with Gasteiger partial charge in [0, 0.05) is 6.08 Å². The normalized spacial score (nSPS) is 13.4. The number of carboxylic acids is 1. The third-order valence-corrected chi connectivity index (χ3v) is 3.26. The van der Waals surface area contributed by atoms with Gasteiger partial charge in [-0.05, 0) is 50.9 Å². The van der Waals surface area contributed by atoms with Crippen LogP contribution in [0.1, 0.15) is 31.9 Å². The van der Waals surface area contributed by atoms with Crippen molar-refractivity contribution in [1.29, 1.82) is 0 Å². The first kappa shape index (κ1) is 19.4. The summed E-state index contributed by atoms with van der Waals surface area (Å²) in [6.45, 7) is 1.95. The number of unbranched alkanes of at least 4 members (excludes halogenated alkanes) is 1. The summed E-state index contributed by atoms with van der Waals surface area (Å²) in [5.74, 6) is -1.65. The molecule has 0 aliphatic rings. The summed E-state index contributed by atoms with van der Waals surface area (Å²) in [6.07, 6.45) is 5.75. The molecule has 8 heteroatoms. The molecule has 1 aromatic rings. The Morgan fingerprint density at radius 1 is 1.33 bits per heavy atom. The second kappa shape index (κ2) is 10.2. The number of nitrogens with one attached hydrogen (secondary N) is 2. The number of hydrogen-bond donors (Lipinski definition) is 4. The van der Waals surface area contributed by atoms with Crippen molar-refractivity contribution < 1.29 is 23.9 Å². The Morgan fingerprint density at radius 2 is 2.08 bits per heavy atom. The van der Waals surface area contributed by atoms with Crippen LogP contribution in [0.15, 0.2) is 28.9 Å². The Kier molecular flexibility index (Phi) is 8.28. The van der Waals surface area contributed by atoms with Crippen molar-refractivity contribution in [2.75, 3.05) is 6.54 Å². The van der Waals surface area contributed by atoms with E-state index >= 15 is 0 Å². The summed E-state index contributed by atoms with van der Waals surface area (Å²) in [6, 6.07) is 1.50. The molecule has 8 nitrogen and oxygen atoms in total. The maximum Gasteiger partial charge on any atom is 0.326 e. The smallest absolute Gasteiger partial charge is 0.326 e. The fraction of sp³-hybridized carbons (Fsp3) is 0.438. The number of hydrogen-bond acceptors (Lipinski definition) is 5. The molecule has 132 valence electrons. The maximum absolute atomic E-state index is 12.0. The molecule has 2 atom stereocenters. The van der Waals surface area contributed by atoms with E-state index in [9.17, 15) is 14.4 Å². The number of rotatable bonds is 10. The van der Waals surface area contributed by atoms with Crippen LogP contribution in [0.4, 0.5) is 0 Å². The average molecular weight is 337 g/mol. The van der Waals surface area contributed by atoms with Gasteiger partial charge in [0.1, 0.15) is 17.8 Å².